The van der Waals surface area contributed by atoms with Crippen molar-refractivity contribution < 1.29 is 9.59 Å². The highest BCUT2D eigenvalue weighted by molar-refractivity contribution is 8.27. The van der Waals surface area contributed by atoms with Gasteiger partial charge in [0.15, 0.2) is 5.13 Å². The topological polar surface area (TPSA) is 88.4 Å². The fraction of sp³-hybridized carbons (Fsp3) is 0.200. The molecule has 1 atom stereocenters. The zero-order chi connectivity index (χ0) is 21.7. The van der Waals surface area contributed by atoms with E-state index in [0.717, 1.165) is 22.4 Å². The summed E-state index contributed by atoms with van der Waals surface area (Å²) in [4.78, 5) is 32.9. The summed E-state index contributed by atoms with van der Waals surface area (Å²) in [6, 6.07) is 7.68. The van der Waals surface area contributed by atoms with Crippen molar-refractivity contribution in [3.8, 4) is 11.3 Å². The molecule has 2 amide bonds. The first kappa shape index (κ1) is 22.0. The van der Waals surface area contributed by atoms with Gasteiger partial charge in [0.2, 0.25) is 5.91 Å². The monoisotopic (exact) mass is 459 g/mol. The predicted molar refractivity (Wildman–Crippen MR) is 127 cm³/mol. The van der Waals surface area contributed by atoms with Crippen molar-refractivity contribution in [2.75, 3.05) is 25.2 Å². The van der Waals surface area contributed by atoms with Gasteiger partial charge in [-0.25, -0.2) is 4.98 Å². The first-order chi connectivity index (χ1) is 14.4. The first-order valence-electron chi connectivity index (χ1n) is 8.96. The summed E-state index contributed by atoms with van der Waals surface area (Å²) in [6.45, 7) is 1.87. The first-order valence-corrected chi connectivity index (χ1v) is 12.4. The number of thiazole rings is 1. The molecule has 3 rings (SSSR count). The minimum Gasteiger partial charge on any atom is -0.343 e. The summed E-state index contributed by atoms with van der Waals surface area (Å²) in [5, 5.41) is 7.69. The van der Waals surface area contributed by atoms with Crippen molar-refractivity contribution in [1.29, 1.82) is 0 Å². The largest absolute Gasteiger partial charge is 0.343 e. The van der Waals surface area contributed by atoms with Crippen LogP contribution in [-0.2, 0) is 25.6 Å². The molecule has 2 N–H and O–H groups in total. The third-order valence-corrected chi connectivity index (χ3v) is 6.32. The van der Waals surface area contributed by atoms with E-state index in [2.05, 4.69) is 20.6 Å². The molecule has 156 valence electrons. The van der Waals surface area contributed by atoms with Gasteiger partial charge in [-0.15, -0.1) is 11.3 Å². The number of hydrogen-bond donors (Lipinski definition) is 2. The van der Waals surface area contributed by atoms with Gasteiger partial charge in [0, 0.05) is 42.9 Å². The van der Waals surface area contributed by atoms with Gasteiger partial charge in [-0.2, -0.15) is 0 Å². The molecule has 30 heavy (non-hydrogen) atoms. The summed E-state index contributed by atoms with van der Waals surface area (Å²) in [5.41, 5.74) is 4.36. The zero-order valence-corrected chi connectivity index (χ0v) is 19.2. The second-order valence-electron chi connectivity index (χ2n) is 6.41. The lowest BCUT2D eigenvalue weighted by atomic mass is 10.0. The van der Waals surface area contributed by atoms with E-state index in [1.165, 1.54) is 11.3 Å². The van der Waals surface area contributed by atoms with E-state index >= 15 is 0 Å². The van der Waals surface area contributed by atoms with Gasteiger partial charge in [0.1, 0.15) is 0 Å². The zero-order valence-electron chi connectivity index (χ0n) is 16.7. The number of aliphatic imine (C=N–C) groups is 1. The van der Waals surface area contributed by atoms with E-state index in [9.17, 15) is 9.59 Å². The fourth-order valence-electron chi connectivity index (χ4n) is 2.68. The van der Waals surface area contributed by atoms with Gasteiger partial charge in [-0.05, 0) is 51.0 Å². The van der Waals surface area contributed by atoms with Crippen molar-refractivity contribution >= 4 is 55.3 Å². The Morgan fingerprint density at radius 1 is 1.37 bits per heavy atom. The molecule has 0 aliphatic heterocycles. The van der Waals surface area contributed by atoms with Crippen LogP contribution in [0, 0.1) is 6.92 Å². The molecule has 2 heterocycles. The van der Waals surface area contributed by atoms with E-state index in [0.29, 0.717) is 10.7 Å². The van der Waals surface area contributed by atoms with Crippen LogP contribution < -0.4 is 10.6 Å². The summed E-state index contributed by atoms with van der Waals surface area (Å²) >= 11 is 6.50. The molecule has 0 fully saturated rings. The van der Waals surface area contributed by atoms with Gasteiger partial charge < -0.3 is 10.6 Å². The van der Waals surface area contributed by atoms with E-state index < -0.39 is 9.64 Å². The second kappa shape index (κ2) is 9.88. The smallest absolute Gasteiger partial charge is 0.253 e. The van der Waals surface area contributed by atoms with Crippen LogP contribution in [0.25, 0.3) is 11.3 Å². The number of rotatable bonds is 7. The molecule has 3 aromatic rings. The molecular weight excluding hydrogens is 438 g/mol. The fourth-order valence-corrected chi connectivity index (χ4v) is 4.19. The van der Waals surface area contributed by atoms with Crippen LogP contribution in [0.2, 0.25) is 0 Å². The number of carbonyl (C=O) groups excluding carboxylic acids is 2. The molecule has 2 aromatic heterocycles. The Kier molecular flexibility index (Phi) is 7.24. The van der Waals surface area contributed by atoms with Gasteiger partial charge in [-0.3, -0.25) is 18.6 Å². The lowest BCUT2D eigenvalue weighted by Crippen LogP contribution is -2.32. The molecule has 0 saturated heterocycles. The van der Waals surface area contributed by atoms with Gasteiger partial charge in [0.05, 0.1) is 17.8 Å². The third-order valence-electron chi connectivity index (χ3n) is 4.22. The normalized spacial score (nSPS) is 12.1. The van der Waals surface area contributed by atoms with Crippen LogP contribution in [0.4, 0.5) is 5.13 Å². The highest BCUT2D eigenvalue weighted by Gasteiger charge is 2.12. The maximum absolute atomic E-state index is 12.2. The Morgan fingerprint density at radius 3 is 2.83 bits per heavy atom. The Balaban J connectivity index is 1.57. The number of amides is 2. The standard InChI is InChI=1S/C20H21N5O2S3/c1-13-8-14(4-5-15(13)9-21-2)17-12-29-20(23-17)24-18(26)10-22-19(27)16-6-7-25(11-16)30(3)28/h4-9,11-12H,10H2,1-3H3,(H,22,27)(H,23,24,26). The SMILES string of the molecule is CN=Cc1ccc(-c2csc(NC(=O)CNC(=O)c3ccn(S(C)=S)c3)n2)cc1C. The highest BCUT2D eigenvalue weighted by atomic mass is 32.8. The van der Waals surface area contributed by atoms with E-state index in [-0.39, 0.29) is 18.4 Å². The minimum atomic E-state index is -0.404. The summed E-state index contributed by atoms with van der Waals surface area (Å²) < 4.78 is 1.78. The van der Waals surface area contributed by atoms with Crippen molar-refractivity contribution in [1.82, 2.24) is 14.3 Å². The number of benzene rings is 1. The molecule has 10 heteroatoms. The molecule has 7 nitrogen and oxygen atoms in total. The number of hydrogen-bond acceptors (Lipinski definition) is 6. The van der Waals surface area contributed by atoms with Gasteiger partial charge >= 0.3 is 0 Å². The lowest BCUT2D eigenvalue weighted by Gasteiger charge is -2.04. The van der Waals surface area contributed by atoms with Crippen molar-refractivity contribution in [2.24, 2.45) is 4.99 Å². The van der Waals surface area contributed by atoms with E-state index in [1.807, 2.05) is 43.0 Å². The number of aryl methyl sites for hydroxylation is 1. The highest BCUT2D eigenvalue weighted by Crippen LogP contribution is 2.26. The quantitative estimate of drug-likeness (QED) is 0.532. The molecule has 0 radical (unpaired) electrons. The average Bonchev–Trinajstić information content (AvgIpc) is 3.38. The van der Waals surface area contributed by atoms with Gasteiger partial charge in [-0.1, -0.05) is 12.1 Å². The summed E-state index contributed by atoms with van der Waals surface area (Å²) in [7, 11) is 1.33. The molecule has 1 unspecified atom stereocenters. The number of anilines is 1. The summed E-state index contributed by atoms with van der Waals surface area (Å²) in [6.07, 6.45) is 7.12. The summed E-state index contributed by atoms with van der Waals surface area (Å²) in [5.74, 6) is -0.664. The minimum absolute atomic E-state index is 0.144. The van der Waals surface area contributed by atoms with Crippen LogP contribution in [0.5, 0.6) is 0 Å². The van der Waals surface area contributed by atoms with Crippen molar-refractivity contribution in [3.05, 3.63) is 58.7 Å². The molecular formula is C20H21N5O2S3. The van der Waals surface area contributed by atoms with E-state index in [4.69, 9.17) is 11.2 Å². The van der Waals surface area contributed by atoms with Crippen LogP contribution in [0.15, 0.2) is 47.0 Å². The average molecular weight is 460 g/mol. The number of nitrogens with one attached hydrogen (secondary N) is 2. The Morgan fingerprint density at radius 2 is 2.17 bits per heavy atom. The Hall–Kier alpha value is -2.69. The van der Waals surface area contributed by atoms with Gasteiger partial charge in [0.25, 0.3) is 5.91 Å². The lowest BCUT2D eigenvalue weighted by molar-refractivity contribution is -0.115. The van der Waals surface area contributed by atoms with Crippen molar-refractivity contribution in [3.63, 3.8) is 0 Å². The predicted octanol–water partition coefficient (Wildman–Crippen LogP) is 2.81. The maximum atomic E-state index is 12.2. The molecule has 0 bridgehead atoms. The van der Waals surface area contributed by atoms with Crippen LogP contribution in [-0.4, -0.2) is 46.8 Å². The number of carbonyl (C=O) groups is 2. The Bertz CT molecular complexity index is 1130. The van der Waals surface area contributed by atoms with Crippen LogP contribution in [0.1, 0.15) is 21.5 Å². The number of aromatic nitrogens is 2. The molecule has 0 aliphatic carbocycles. The third kappa shape index (κ3) is 5.47. The van der Waals surface area contributed by atoms with Crippen LogP contribution >= 0.6 is 11.3 Å². The maximum Gasteiger partial charge on any atom is 0.253 e. The Labute approximate surface area is 186 Å². The second-order valence-corrected chi connectivity index (χ2v) is 9.99. The molecule has 0 saturated carbocycles. The van der Waals surface area contributed by atoms with E-state index in [1.54, 1.807) is 29.5 Å². The molecule has 1 aromatic carbocycles. The molecule has 0 spiro atoms. The number of nitrogens with zero attached hydrogens (tertiary/aromatic N) is 3. The van der Waals surface area contributed by atoms with Crippen LogP contribution in [0.3, 0.4) is 0 Å². The van der Waals surface area contributed by atoms with Crippen molar-refractivity contribution in [2.45, 2.75) is 6.92 Å². The molecule has 0 aliphatic rings.